The fourth-order valence-corrected chi connectivity index (χ4v) is 1.82. The first-order valence-electron chi connectivity index (χ1n) is 4.67. The van der Waals surface area contributed by atoms with Crippen LogP contribution in [0.3, 0.4) is 0 Å². The number of rotatable bonds is 4. The molecule has 0 aliphatic rings. The Morgan fingerprint density at radius 2 is 1.92 bits per heavy atom. The zero-order valence-electron chi connectivity index (χ0n) is 8.03. The number of nitrogen functional groups attached to an aromatic ring is 1. The first kappa shape index (κ1) is 10.5. The van der Waals surface area contributed by atoms with E-state index in [1.165, 1.54) is 12.0 Å². The quantitative estimate of drug-likeness (QED) is 0.561. The summed E-state index contributed by atoms with van der Waals surface area (Å²) < 4.78 is 0. The van der Waals surface area contributed by atoms with Crippen LogP contribution >= 0.6 is 12.6 Å². The number of anilines is 1. The van der Waals surface area contributed by atoms with Gasteiger partial charge in [0.2, 0.25) is 0 Å². The normalized spacial score (nSPS) is 12.8. The van der Waals surface area contributed by atoms with Crippen molar-refractivity contribution < 1.29 is 0 Å². The van der Waals surface area contributed by atoms with Crippen molar-refractivity contribution >= 4 is 18.3 Å². The fourth-order valence-electron chi connectivity index (χ4n) is 1.38. The van der Waals surface area contributed by atoms with Gasteiger partial charge in [0.05, 0.1) is 0 Å². The lowest BCUT2D eigenvalue weighted by atomic mass is 9.99. The molecule has 0 aliphatic carbocycles. The van der Waals surface area contributed by atoms with E-state index in [1.807, 2.05) is 12.1 Å². The third-order valence-corrected chi connectivity index (χ3v) is 2.44. The van der Waals surface area contributed by atoms with Crippen LogP contribution in [0.2, 0.25) is 0 Å². The summed E-state index contributed by atoms with van der Waals surface area (Å²) in [5, 5.41) is 0. The van der Waals surface area contributed by atoms with Gasteiger partial charge >= 0.3 is 0 Å². The predicted molar refractivity (Wildman–Crippen MR) is 62.2 cm³/mol. The van der Waals surface area contributed by atoms with Crippen LogP contribution in [0.15, 0.2) is 24.3 Å². The van der Waals surface area contributed by atoms with Crippen LogP contribution in [0, 0.1) is 5.92 Å². The summed E-state index contributed by atoms with van der Waals surface area (Å²) in [4.78, 5) is 0. The molecular weight excluding hydrogens is 178 g/mol. The summed E-state index contributed by atoms with van der Waals surface area (Å²) in [5.74, 6) is 1.68. The molecule has 1 aromatic carbocycles. The van der Waals surface area contributed by atoms with E-state index in [-0.39, 0.29) is 0 Å². The number of thiol groups is 1. The van der Waals surface area contributed by atoms with E-state index in [4.69, 9.17) is 5.73 Å². The third kappa shape index (κ3) is 3.73. The van der Waals surface area contributed by atoms with E-state index in [0.717, 1.165) is 17.9 Å². The molecule has 0 fully saturated rings. The van der Waals surface area contributed by atoms with E-state index in [2.05, 4.69) is 31.7 Å². The second-order valence-corrected chi connectivity index (χ2v) is 4.01. The Labute approximate surface area is 85.8 Å². The number of hydrogen-bond acceptors (Lipinski definition) is 2. The lowest BCUT2D eigenvalue weighted by Crippen LogP contribution is -2.00. The van der Waals surface area contributed by atoms with Gasteiger partial charge in [-0.3, -0.25) is 0 Å². The Bertz CT molecular complexity index is 243. The minimum absolute atomic E-state index is 0.709. The molecule has 1 unspecified atom stereocenters. The van der Waals surface area contributed by atoms with Gasteiger partial charge in [-0.25, -0.2) is 0 Å². The zero-order valence-corrected chi connectivity index (χ0v) is 8.93. The average Bonchev–Trinajstić information content (AvgIpc) is 2.09. The first-order valence-corrected chi connectivity index (χ1v) is 5.31. The van der Waals surface area contributed by atoms with Gasteiger partial charge in [-0.2, -0.15) is 12.6 Å². The lowest BCUT2D eigenvalue weighted by Gasteiger charge is -2.09. The molecule has 0 aliphatic heterocycles. The summed E-state index contributed by atoms with van der Waals surface area (Å²) in [6.07, 6.45) is 2.30. The van der Waals surface area contributed by atoms with Crippen molar-refractivity contribution in [2.75, 3.05) is 11.5 Å². The maximum Gasteiger partial charge on any atom is 0.0314 e. The van der Waals surface area contributed by atoms with Gasteiger partial charge in [-0.1, -0.05) is 19.1 Å². The molecule has 0 amide bonds. The molecule has 1 rings (SSSR count). The van der Waals surface area contributed by atoms with Crippen LogP contribution in [0.25, 0.3) is 0 Å². The predicted octanol–water partition coefficient (Wildman–Crippen LogP) is 2.77. The average molecular weight is 195 g/mol. The SMILES string of the molecule is CC(CCS)Cc1ccc(N)cc1. The molecule has 0 spiro atoms. The minimum atomic E-state index is 0.709. The molecule has 72 valence electrons. The van der Waals surface area contributed by atoms with Crippen LogP contribution in [0.1, 0.15) is 18.9 Å². The summed E-state index contributed by atoms with van der Waals surface area (Å²) in [6, 6.07) is 8.13. The van der Waals surface area contributed by atoms with Gasteiger partial charge in [0.1, 0.15) is 0 Å². The van der Waals surface area contributed by atoms with E-state index in [1.54, 1.807) is 0 Å². The monoisotopic (exact) mass is 195 g/mol. The summed E-state index contributed by atoms with van der Waals surface area (Å²) in [7, 11) is 0. The van der Waals surface area contributed by atoms with E-state index >= 15 is 0 Å². The summed E-state index contributed by atoms with van der Waals surface area (Å²) >= 11 is 4.22. The second-order valence-electron chi connectivity index (χ2n) is 3.56. The molecule has 1 atom stereocenters. The van der Waals surface area contributed by atoms with Crippen molar-refractivity contribution in [2.45, 2.75) is 19.8 Å². The maximum absolute atomic E-state index is 5.60. The van der Waals surface area contributed by atoms with Crippen molar-refractivity contribution in [2.24, 2.45) is 5.92 Å². The Morgan fingerprint density at radius 3 is 2.46 bits per heavy atom. The molecule has 1 aromatic rings. The Balaban J connectivity index is 2.49. The highest BCUT2D eigenvalue weighted by Crippen LogP contribution is 2.13. The van der Waals surface area contributed by atoms with Gasteiger partial charge in [-0.15, -0.1) is 0 Å². The molecule has 0 aromatic heterocycles. The van der Waals surface area contributed by atoms with E-state index in [9.17, 15) is 0 Å². The molecule has 0 saturated heterocycles. The van der Waals surface area contributed by atoms with E-state index < -0.39 is 0 Å². The van der Waals surface area contributed by atoms with Crippen LogP contribution in [0.4, 0.5) is 5.69 Å². The minimum Gasteiger partial charge on any atom is -0.399 e. The topological polar surface area (TPSA) is 26.0 Å². The largest absolute Gasteiger partial charge is 0.399 e. The standard InChI is InChI=1S/C11H17NS/c1-9(6-7-13)8-10-2-4-11(12)5-3-10/h2-5,9,13H,6-8,12H2,1H3. The number of hydrogen-bond donors (Lipinski definition) is 2. The highest BCUT2D eigenvalue weighted by Gasteiger charge is 2.01. The number of nitrogens with two attached hydrogens (primary N) is 1. The molecule has 0 bridgehead atoms. The smallest absolute Gasteiger partial charge is 0.0314 e. The molecule has 2 heteroatoms. The van der Waals surface area contributed by atoms with Crippen molar-refractivity contribution in [3.05, 3.63) is 29.8 Å². The van der Waals surface area contributed by atoms with Crippen molar-refractivity contribution in [1.29, 1.82) is 0 Å². The molecule has 2 N–H and O–H groups in total. The van der Waals surface area contributed by atoms with Crippen molar-refractivity contribution in [3.63, 3.8) is 0 Å². The van der Waals surface area contributed by atoms with Gasteiger partial charge in [0, 0.05) is 5.69 Å². The molecular formula is C11H17NS. The Hall–Kier alpha value is -0.630. The maximum atomic E-state index is 5.60. The van der Waals surface area contributed by atoms with Crippen LogP contribution in [-0.2, 0) is 6.42 Å². The van der Waals surface area contributed by atoms with Gasteiger partial charge in [0.25, 0.3) is 0 Å². The fraction of sp³-hybridized carbons (Fsp3) is 0.455. The lowest BCUT2D eigenvalue weighted by molar-refractivity contribution is 0.566. The Kier molecular flexibility index (Phi) is 4.16. The summed E-state index contributed by atoms with van der Waals surface area (Å²) in [5.41, 5.74) is 7.81. The molecule has 0 saturated carbocycles. The highest BCUT2D eigenvalue weighted by molar-refractivity contribution is 7.80. The van der Waals surface area contributed by atoms with Gasteiger partial charge in [-0.05, 0) is 42.2 Å². The zero-order chi connectivity index (χ0) is 9.68. The second kappa shape index (κ2) is 5.18. The van der Waals surface area contributed by atoms with Crippen molar-refractivity contribution in [1.82, 2.24) is 0 Å². The first-order chi connectivity index (χ1) is 6.22. The highest BCUT2D eigenvalue weighted by atomic mass is 32.1. The molecule has 13 heavy (non-hydrogen) atoms. The Morgan fingerprint density at radius 1 is 1.31 bits per heavy atom. The van der Waals surface area contributed by atoms with Gasteiger partial charge in [0.15, 0.2) is 0 Å². The molecule has 0 radical (unpaired) electrons. The van der Waals surface area contributed by atoms with Crippen molar-refractivity contribution in [3.8, 4) is 0 Å². The van der Waals surface area contributed by atoms with Gasteiger partial charge < -0.3 is 5.73 Å². The van der Waals surface area contributed by atoms with Crippen LogP contribution in [0.5, 0.6) is 0 Å². The van der Waals surface area contributed by atoms with Crippen LogP contribution < -0.4 is 5.73 Å². The van der Waals surface area contributed by atoms with Crippen LogP contribution in [-0.4, -0.2) is 5.75 Å². The third-order valence-electron chi connectivity index (χ3n) is 2.19. The summed E-state index contributed by atoms with van der Waals surface area (Å²) in [6.45, 7) is 2.26. The van der Waals surface area contributed by atoms with E-state index in [0.29, 0.717) is 5.92 Å². The molecule has 1 nitrogen and oxygen atoms in total. The molecule has 0 heterocycles. The number of benzene rings is 1.